The first-order valence-corrected chi connectivity index (χ1v) is 4.91. The quantitative estimate of drug-likeness (QED) is 0.667. The molecular weight excluding hydrogens is 249 g/mol. The van der Waals surface area contributed by atoms with Gasteiger partial charge in [0.2, 0.25) is 0 Å². The minimum absolute atomic E-state index is 0.318. The lowest BCUT2D eigenvalue weighted by molar-refractivity contribution is 0.211. The average Bonchev–Trinajstić information content (AvgIpc) is 2.10. The van der Waals surface area contributed by atoms with Gasteiger partial charge in [0.1, 0.15) is 11.6 Å². The van der Waals surface area contributed by atoms with Gasteiger partial charge in [0, 0.05) is 6.42 Å². The van der Waals surface area contributed by atoms with Crippen LogP contribution in [0.1, 0.15) is 6.42 Å². The third-order valence-electron chi connectivity index (χ3n) is 1.57. The fourth-order valence-corrected chi connectivity index (χ4v) is 1.39. The van der Waals surface area contributed by atoms with Gasteiger partial charge in [0.15, 0.2) is 6.23 Å². The molecule has 1 atom stereocenters. The van der Waals surface area contributed by atoms with Crippen LogP contribution in [0.4, 0.5) is 4.39 Å². The summed E-state index contributed by atoms with van der Waals surface area (Å²) in [6.45, 7) is 3.55. The molecule has 0 amide bonds. The van der Waals surface area contributed by atoms with Gasteiger partial charge in [-0.25, -0.2) is 4.39 Å². The van der Waals surface area contributed by atoms with Crippen LogP contribution in [0.5, 0.6) is 5.75 Å². The van der Waals surface area contributed by atoms with E-state index >= 15 is 0 Å². The van der Waals surface area contributed by atoms with Crippen LogP contribution >= 0.6 is 15.9 Å². The van der Waals surface area contributed by atoms with Crippen LogP contribution in [-0.2, 0) is 0 Å². The molecule has 0 fully saturated rings. The van der Waals surface area contributed by atoms with Crippen molar-refractivity contribution >= 4 is 15.9 Å². The molecule has 1 aromatic carbocycles. The molecule has 0 aliphatic rings. The van der Waals surface area contributed by atoms with E-state index in [2.05, 4.69) is 22.5 Å². The predicted molar refractivity (Wildman–Crippen MR) is 57.5 cm³/mol. The van der Waals surface area contributed by atoms with Gasteiger partial charge in [-0.05, 0) is 34.1 Å². The summed E-state index contributed by atoms with van der Waals surface area (Å²) in [6, 6.07) is 4.18. The number of hydrogen-bond acceptors (Lipinski definition) is 2. The summed E-state index contributed by atoms with van der Waals surface area (Å²) in [5.41, 5.74) is 5.62. The molecule has 0 heterocycles. The Kier molecular flexibility index (Phi) is 4.10. The van der Waals surface area contributed by atoms with Crippen molar-refractivity contribution in [3.05, 3.63) is 41.1 Å². The fraction of sp³-hybridized carbons (Fsp3) is 0.200. The average molecular weight is 260 g/mol. The largest absolute Gasteiger partial charge is 0.474 e. The number of benzene rings is 1. The maximum absolute atomic E-state index is 12.7. The number of ether oxygens (including phenoxy) is 1. The Labute approximate surface area is 90.7 Å². The zero-order valence-electron chi connectivity index (χ0n) is 7.54. The molecule has 2 nitrogen and oxygen atoms in total. The lowest BCUT2D eigenvalue weighted by atomic mass is 10.3. The van der Waals surface area contributed by atoms with Crippen LogP contribution in [0.3, 0.4) is 0 Å². The minimum Gasteiger partial charge on any atom is -0.474 e. The second-order valence-corrected chi connectivity index (χ2v) is 3.61. The summed E-state index contributed by atoms with van der Waals surface area (Å²) >= 11 is 3.18. The van der Waals surface area contributed by atoms with Crippen LogP contribution in [0.25, 0.3) is 0 Å². The number of halogens is 2. The fourth-order valence-electron chi connectivity index (χ4n) is 0.946. The van der Waals surface area contributed by atoms with E-state index in [1.54, 1.807) is 6.08 Å². The molecule has 1 unspecified atom stereocenters. The first-order chi connectivity index (χ1) is 6.63. The Hall–Kier alpha value is -0.870. The van der Waals surface area contributed by atoms with Crippen molar-refractivity contribution < 1.29 is 9.13 Å². The molecule has 0 radical (unpaired) electrons. The monoisotopic (exact) mass is 259 g/mol. The summed E-state index contributed by atoms with van der Waals surface area (Å²) in [7, 11) is 0. The van der Waals surface area contributed by atoms with Gasteiger partial charge in [0.05, 0.1) is 4.47 Å². The number of nitrogens with two attached hydrogens (primary N) is 1. The first-order valence-electron chi connectivity index (χ1n) is 4.11. The van der Waals surface area contributed by atoms with Gasteiger partial charge in [-0.1, -0.05) is 6.08 Å². The summed E-state index contributed by atoms with van der Waals surface area (Å²) in [6.07, 6.45) is 1.76. The van der Waals surface area contributed by atoms with Gasteiger partial charge >= 0.3 is 0 Å². The molecule has 2 N–H and O–H groups in total. The smallest absolute Gasteiger partial charge is 0.151 e. The molecule has 14 heavy (non-hydrogen) atoms. The highest BCUT2D eigenvalue weighted by molar-refractivity contribution is 9.10. The van der Waals surface area contributed by atoms with Crippen LogP contribution in [0, 0.1) is 5.82 Å². The van der Waals surface area contributed by atoms with E-state index in [1.807, 2.05) is 0 Å². The molecule has 0 saturated carbocycles. The van der Waals surface area contributed by atoms with E-state index in [0.29, 0.717) is 16.6 Å². The Bertz CT molecular complexity index is 330. The van der Waals surface area contributed by atoms with Crippen molar-refractivity contribution in [2.45, 2.75) is 12.6 Å². The Morgan fingerprint density at radius 1 is 1.64 bits per heavy atom. The summed E-state index contributed by atoms with van der Waals surface area (Å²) in [4.78, 5) is 0. The molecule has 0 saturated heterocycles. The lowest BCUT2D eigenvalue weighted by Gasteiger charge is -2.13. The third kappa shape index (κ3) is 3.12. The van der Waals surface area contributed by atoms with Crippen molar-refractivity contribution in [1.82, 2.24) is 0 Å². The SMILES string of the molecule is C=CCC(N)Oc1ccc(F)cc1Br. The number of hydrogen-bond donors (Lipinski definition) is 1. The van der Waals surface area contributed by atoms with Gasteiger partial charge in [-0.2, -0.15) is 0 Å². The van der Waals surface area contributed by atoms with Crippen LogP contribution in [0.2, 0.25) is 0 Å². The summed E-state index contributed by atoms with van der Waals surface area (Å²) in [5, 5.41) is 0. The molecule has 0 aliphatic carbocycles. The van der Waals surface area contributed by atoms with Crippen molar-refractivity contribution in [3.8, 4) is 5.75 Å². The molecule has 1 aromatic rings. The maximum Gasteiger partial charge on any atom is 0.151 e. The summed E-state index contributed by atoms with van der Waals surface area (Å²) in [5.74, 6) is 0.210. The van der Waals surface area contributed by atoms with Crippen molar-refractivity contribution in [1.29, 1.82) is 0 Å². The standard InChI is InChI=1S/C10H11BrFNO/c1-2-3-10(13)14-9-5-4-7(12)6-8(9)11/h2,4-6,10H,1,3,13H2. The highest BCUT2D eigenvalue weighted by Gasteiger charge is 2.06. The van der Waals surface area contributed by atoms with Gasteiger partial charge in [-0.3, -0.25) is 5.73 Å². The first kappa shape index (κ1) is 11.2. The predicted octanol–water partition coefficient (Wildman–Crippen LogP) is 2.83. The Morgan fingerprint density at radius 2 is 2.36 bits per heavy atom. The van der Waals surface area contributed by atoms with Gasteiger partial charge in [0.25, 0.3) is 0 Å². The van der Waals surface area contributed by atoms with E-state index in [-0.39, 0.29) is 5.82 Å². The van der Waals surface area contributed by atoms with Crippen molar-refractivity contribution in [2.75, 3.05) is 0 Å². The van der Waals surface area contributed by atoms with E-state index in [0.717, 1.165) is 0 Å². The highest BCUT2D eigenvalue weighted by atomic mass is 79.9. The zero-order valence-corrected chi connectivity index (χ0v) is 9.13. The minimum atomic E-state index is -0.450. The van der Waals surface area contributed by atoms with Crippen LogP contribution < -0.4 is 10.5 Å². The Morgan fingerprint density at radius 3 is 2.93 bits per heavy atom. The molecular formula is C10H11BrFNO. The molecule has 0 aromatic heterocycles. The molecule has 0 aliphatic heterocycles. The van der Waals surface area contributed by atoms with Gasteiger partial charge < -0.3 is 4.74 Å². The normalized spacial score (nSPS) is 12.2. The van der Waals surface area contributed by atoms with Crippen LogP contribution in [0.15, 0.2) is 35.3 Å². The van der Waals surface area contributed by atoms with Crippen molar-refractivity contribution in [2.24, 2.45) is 5.73 Å². The highest BCUT2D eigenvalue weighted by Crippen LogP contribution is 2.26. The van der Waals surface area contributed by atoms with E-state index in [4.69, 9.17) is 10.5 Å². The molecule has 0 bridgehead atoms. The lowest BCUT2D eigenvalue weighted by Crippen LogP contribution is -2.26. The topological polar surface area (TPSA) is 35.2 Å². The van der Waals surface area contributed by atoms with Crippen LogP contribution in [-0.4, -0.2) is 6.23 Å². The second-order valence-electron chi connectivity index (χ2n) is 2.76. The van der Waals surface area contributed by atoms with Gasteiger partial charge in [-0.15, -0.1) is 6.58 Å². The van der Waals surface area contributed by atoms with E-state index in [1.165, 1.54) is 18.2 Å². The number of rotatable bonds is 4. The molecule has 4 heteroatoms. The molecule has 76 valence electrons. The molecule has 0 spiro atoms. The molecule has 1 rings (SSSR count). The third-order valence-corrected chi connectivity index (χ3v) is 2.19. The maximum atomic E-state index is 12.7. The Balaban J connectivity index is 2.71. The van der Waals surface area contributed by atoms with Crippen molar-refractivity contribution in [3.63, 3.8) is 0 Å². The van der Waals surface area contributed by atoms with E-state index in [9.17, 15) is 4.39 Å². The summed E-state index contributed by atoms with van der Waals surface area (Å²) < 4.78 is 18.6. The second kappa shape index (κ2) is 5.12. The zero-order chi connectivity index (χ0) is 10.6. The van der Waals surface area contributed by atoms with E-state index < -0.39 is 6.23 Å².